The number of aromatic amines is 1. The van der Waals surface area contributed by atoms with Crippen LogP contribution in [-0.4, -0.2) is 26.9 Å². The van der Waals surface area contributed by atoms with Crippen molar-refractivity contribution in [2.24, 2.45) is 0 Å². The molecule has 1 aliphatic heterocycles. The maximum Gasteiger partial charge on any atom is 0.330 e. The van der Waals surface area contributed by atoms with Gasteiger partial charge >= 0.3 is 5.69 Å². The molecule has 1 aliphatic rings. The number of aliphatic hydroxyl groups excluding tert-OH is 1. The first-order valence-electron chi connectivity index (χ1n) is 5.23. The topological polar surface area (TPSA) is 108 Å². The Bertz CT molecular complexity index is 651. The van der Waals surface area contributed by atoms with E-state index >= 15 is 0 Å². The average Bonchev–Trinajstić information content (AvgIpc) is 2.79. The molecule has 7 nitrogen and oxygen atoms in total. The summed E-state index contributed by atoms with van der Waals surface area (Å²) >= 11 is 0. The highest BCUT2D eigenvalue weighted by Crippen LogP contribution is 2.27. The lowest BCUT2D eigenvalue weighted by molar-refractivity contribution is -0.0515. The lowest BCUT2D eigenvalue weighted by atomic mass is 10.1. The molecule has 0 aliphatic carbocycles. The summed E-state index contributed by atoms with van der Waals surface area (Å²) < 4.78 is 6.48. The smallest absolute Gasteiger partial charge is 0.330 e. The number of H-pyrrole nitrogens is 1. The summed E-state index contributed by atoms with van der Waals surface area (Å²) in [5, 5.41) is 18.0. The van der Waals surface area contributed by atoms with Gasteiger partial charge in [0.05, 0.1) is 6.61 Å². The standard InChI is InChI=1S/C11H11N3O4/c1-7-4-14(10(17)13-9(7)16)8-2-3-11(5-12,6-15)18-8/h2-4,8,15H,6H2,1H3,(H,13,16,17)/t8?,11-/m1/s1. The van der Waals surface area contributed by atoms with Crippen LogP contribution in [0.4, 0.5) is 0 Å². The molecule has 1 aromatic rings. The van der Waals surface area contributed by atoms with Crippen molar-refractivity contribution in [3.63, 3.8) is 0 Å². The summed E-state index contributed by atoms with van der Waals surface area (Å²) in [6, 6.07) is 1.83. The quantitative estimate of drug-likeness (QED) is 0.666. The van der Waals surface area contributed by atoms with Gasteiger partial charge in [0.2, 0.25) is 0 Å². The second kappa shape index (κ2) is 4.25. The minimum absolute atomic E-state index is 0.352. The van der Waals surface area contributed by atoms with Gasteiger partial charge in [0.25, 0.3) is 5.56 Å². The van der Waals surface area contributed by atoms with Crippen molar-refractivity contribution in [2.75, 3.05) is 6.61 Å². The maximum absolute atomic E-state index is 11.6. The van der Waals surface area contributed by atoms with Crippen LogP contribution in [0.15, 0.2) is 27.9 Å². The van der Waals surface area contributed by atoms with E-state index in [9.17, 15) is 9.59 Å². The number of rotatable bonds is 2. The molecule has 0 saturated carbocycles. The molecule has 0 amide bonds. The number of aryl methyl sites for hydroxylation is 1. The molecular weight excluding hydrogens is 238 g/mol. The van der Waals surface area contributed by atoms with Gasteiger partial charge in [-0.2, -0.15) is 5.26 Å². The number of hydrogen-bond acceptors (Lipinski definition) is 5. The third-order valence-corrected chi connectivity index (χ3v) is 2.71. The lowest BCUT2D eigenvalue weighted by Crippen LogP contribution is -2.36. The Hall–Kier alpha value is -2.17. The summed E-state index contributed by atoms with van der Waals surface area (Å²) in [5.41, 5.74) is -2.18. The summed E-state index contributed by atoms with van der Waals surface area (Å²) in [6.07, 6.45) is 3.41. The SMILES string of the molecule is Cc1cn(C2C=C[C@@](C#N)(CO)O2)c(=O)[nH]c1=O. The van der Waals surface area contributed by atoms with Gasteiger partial charge in [-0.15, -0.1) is 0 Å². The number of aromatic nitrogens is 2. The second-order valence-corrected chi connectivity index (χ2v) is 4.01. The number of hydrogen-bond donors (Lipinski definition) is 2. The molecule has 2 N–H and O–H groups in total. The molecule has 7 heteroatoms. The molecule has 2 atom stereocenters. The van der Waals surface area contributed by atoms with Crippen LogP contribution in [0.1, 0.15) is 11.8 Å². The Morgan fingerprint density at radius 1 is 1.67 bits per heavy atom. The van der Waals surface area contributed by atoms with Gasteiger partial charge < -0.3 is 9.84 Å². The number of nitriles is 1. The van der Waals surface area contributed by atoms with E-state index in [1.54, 1.807) is 6.92 Å². The number of ether oxygens (including phenoxy) is 1. The van der Waals surface area contributed by atoms with Crippen LogP contribution in [0.25, 0.3) is 0 Å². The molecule has 0 radical (unpaired) electrons. The molecule has 94 valence electrons. The molecule has 1 aromatic heterocycles. The first kappa shape index (κ1) is 12.3. The minimum atomic E-state index is -1.44. The molecule has 18 heavy (non-hydrogen) atoms. The molecule has 2 rings (SSSR count). The van der Waals surface area contributed by atoms with Crippen molar-refractivity contribution in [1.82, 2.24) is 9.55 Å². The first-order valence-corrected chi connectivity index (χ1v) is 5.23. The minimum Gasteiger partial charge on any atom is -0.392 e. The van der Waals surface area contributed by atoms with Crippen LogP contribution in [0, 0.1) is 18.3 Å². The van der Waals surface area contributed by atoms with Crippen LogP contribution in [0.5, 0.6) is 0 Å². The zero-order chi connectivity index (χ0) is 13.3. The molecule has 0 bridgehead atoms. The molecular formula is C11H11N3O4. The van der Waals surface area contributed by atoms with Crippen molar-refractivity contribution in [2.45, 2.75) is 18.8 Å². The number of nitrogens with one attached hydrogen (secondary N) is 1. The fraction of sp³-hybridized carbons (Fsp3) is 0.364. The highest BCUT2D eigenvalue weighted by molar-refractivity contribution is 5.22. The van der Waals surface area contributed by atoms with Crippen molar-refractivity contribution in [1.29, 1.82) is 5.26 Å². The molecule has 0 saturated heterocycles. The predicted molar refractivity (Wildman–Crippen MR) is 60.8 cm³/mol. The molecule has 2 heterocycles. The summed E-state index contributed by atoms with van der Waals surface area (Å²) in [4.78, 5) is 25.0. The number of aliphatic hydroxyl groups is 1. The molecule has 1 unspecified atom stereocenters. The van der Waals surface area contributed by atoms with E-state index in [0.29, 0.717) is 5.56 Å². The summed E-state index contributed by atoms with van der Waals surface area (Å²) in [5.74, 6) is 0. The third-order valence-electron chi connectivity index (χ3n) is 2.71. The Balaban J connectivity index is 2.41. The van der Waals surface area contributed by atoms with Gasteiger partial charge in [0, 0.05) is 11.8 Å². The lowest BCUT2D eigenvalue weighted by Gasteiger charge is -2.20. The van der Waals surface area contributed by atoms with Crippen LogP contribution >= 0.6 is 0 Å². The average molecular weight is 249 g/mol. The Morgan fingerprint density at radius 2 is 2.39 bits per heavy atom. The molecule has 0 spiro atoms. The van der Waals surface area contributed by atoms with Gasteiger partial charge in [-0.05, 0) is 19.1 Å². The van der Waals surface area contributed by atoms with Gasteiger partial charge in [0.1, 0.15) is 6.07 Å². The monoisotopic (exact) mass is 249 g/mol. The van der Waals surface area contributed by atoms with Crippen LogP contribution < -0.4 is 11.2 Å². The fourth-order valence-electron chi connectivity index (χ4n) is 1.65. The Kier molecular flexibility index (Phi) is 2.90. The van der Waals surface area contributed by atoms with Crippen molar-refractivity contribution < 1.29 is 9.84 Å². The van der Waals surface area contributed by atoms with Crippen LogP contribution in [0.2, 0.25) is 0 Å². The zero-order valence-corrected chi connectivity index (χ0v) is 9.58. The van der Waals surface area contributed by atoms with Gasteiger partial charge in [-0.25, -0.2) is 4.79 Å². The van der Waals surface area contributed by atoms with E-state index in [4.69, 9.17) is 15.1 Å². The Morgan fingerprint density at radius 3 is 2.94 bits per heavy atom. The summed E-state index contributed by atoms with van der Waals surface area (Å²) in [7, 11) is 0. The Labute approximate surface area is 102 Å². The van der Waals surface area contributed by atoms with Gasteiger partial charge in [0.15, 0.2) is 11.8 Å². The fourth-order valence-corrected chi connectivity index (χ4v) is 1.65. The van der Waals surface area contributed by atoms with Crippen LogP contribution in [-0.2, 0) is 4.74 Å². The van der Waals surface area contributed by atoms with E-state index < -0.39 is 29.7 Å². The van der Waals surface area contributed by atoms with Crippen molar-refractivity contribution in [3.05, 3.63) is 44.8 Å². The summed E-state index contributed by atoms with van der Waals surface area (Å²) in [6.45, 7) is 1.05. The zero-order valence-electron chi connectivity index (χ0n) is 9.58. The van der Waals surface area contributed by atoms with Gasteiger partial charge in [-0.1, -0.05) is 0 Å². The maximum atomic E-state index is 11.6. The van der Waals surface area contributed by atoms with E-state index in [2.05, 4.69) is 4.98 Å². The van der Waals surface area contributed by atoms with Crippen molar-refractivity contribution in [3.8, 4) is 6.07 Å². The highest BCUT2D eigenvalue weighted by atomic mass is 16.5. The number of nitrogens with zero attached hydrogens (tertiary/aromatic N) is 2. The third kappa shape index (κ3) is 1.88. The predicted octanol–water partition coefficient (Wildman–Crippen LogP) is -0.815. The van der Waals surface area contributed by atoms with Gasteiger partial charge in [-0.3, -0.25) is 14.3 Å². The molecule has 0 fully saturated rings. The van der Waals surface area contributed by atoms with Crippen molar-refractivity contribution >= 4 is 0 Å². The first-order chi connectivity index (χ1) is 8.51. The van der Waals surface area contributed by atoms with E-state index in [0.717, 1.165) is 4.57 Å². The molecule has 0 aromatic carbocycles. The van der Waals surface area contributed by atoms with E-state index in [1.807, 2.05) is 6.07 Å². The van der Waals surface area contributed by atoms with Crippen LogP contribution in [0.3, 0.4) is 0 Å². The normalized spacial score (nSPS) is 26.2. The van der Waals surface area contributed by atoms with E-state index in [-0.39, 0.29) is 0 Å². The highest BCUT2D eigenvalue weighted by Gasteiger charge is 2.36. The second-order valence-electron chi connectivity index (χ2n) is 4.01. The largest absolute Gasteiger partial charge is 0.392 e. The van der Waals surface area contributed by atoms with E-state index in [1.165, 1.54) is 18.3 Å².